The summed E-state index contributed by atoms with van der Waals surface area (Å²) < 4.78 is 0. The topological polar surface area (TPSA) is 45.2 Å². The fraction of sp³-hybridized carbons (Fsp3) is 0.615. The molecule has 3 nitrogen and oxygen atoms in total. The van der Waals surface area contributed by atoms with Crippen LogP contribution in [0.5, 0.6) is 5.75 Å². The number of hydrogen-bond acceptors (Lipinski definition) is 3. The molecule has 90 valence electrons. The molecule has 0 saturated carbocycles. The van der Waals surface area contributed by atoms with Crippen LogP contribution in [0.2, 0.25) is 0 Å². The average molecular weight is 222 g/mol. The Kier molecular flexibility index (Phi) is 5.26. The van der Waals surface area contributed by atoms with Crippen LogP contribution in [0.15, 0.2) is 12.1 Å². The van der Waals surface area contributed by atoms with Crippen LogP contribution in [-0.4, -0.2) is 16.1 Å². The molecule has 0 bridgehead atoms. The molecular formula is C13H22N2O. The van der Waals surface area contributed by atoms with Crippen LogP contribution in [0.25, 0.3) is 0 Å². The van der Waals surface area contributed by atoms with Gasteiger partial charge in [0.1, 0.15) is 5.75 Å². The first kappa shape index (κ1) is 13.0. The lowest BCUT2D eigenvalue weighted by Crippen LogP contribution is -2.25. The van der Waals surface area contributed by atoms with Crippen molar-refractivity contribution in [3.05, 3.63) is 23.5 Å². The third-order valence-corrected chi connectivity index (χ3v) is 2.70. The van der Waals surface area contributed by atoms with Gasteiger partial charge in [-0.05, 0) is 32.4 Å². The number of rotatable bonds is 6. The summed E-state index contributed by atoms with van der Waals surface area (Å²) in [5.41, 5.74) is 1.68. The molecule has 1 aromatic heterocycles. The SMILES string of the molecule is CCCCC(C)NCc1nc(C)ccc1O. The summed E-state index contributed by atoms with van der Waals surface area (Å²) in [6, 6.07) is 4.00. The van der Waals surface area contributed by atoms with Gasteiger partial charge < -0.3 is 10.4 Å². The number of nitrogens with one attached hydrogen (secondary N) is 1. The summed E-state index contributed by atoms with van der Waals surface area (Å²) in [6.07, 6.45) is 3.63. The summed E-state index contributed by atoms with van der Waals surface area (Å²) >= 11 is 0. The molecule has 0 saturated heterocycles. The molecule has 0 aliphatic rings. The quantitative estimate of drug-likeness (QED) is 0.778. The minimum absolute atomic E-state index is 0.279. The fourth-order valence-corrected chi connectivity index (χ4v) is 1.62. The summed E-state index contributed by atoms with van der Waals surface area (Å²) in [5.74, 6) is 0.279. The number of aromatic nitrogens is 1. The first-order valence-corrected chi connectivity index (χ1v) is 6.02. The summed E-state index contributed by atoms with van der Waals surface area (Å²) in [6.45, 7) is 6.94. The van der Waals surface area contributed by atoms with Crippen molar-refractivity contribution in [2.75, 3.05) is 0 Å². The highest BCUT2D eigenvalue weighted by atomic mass is 16.3. The molecule has 0 aromatic carbocycles. The second-order valence-electron chi connectivity index (χ2n) is 4.34. The molecule has 0 aliphatic heterocycles. The molecule has 0 aliphatic carbocycles. The highest BCUT2D eigenvalue weighted by molar-refractivity contribution is 5.27. The van der Waals surface area contributed by atoms with Crippen molar-refractivity contribution in [3.8, 4) is 5.75 Å². The van der Waals surface area contributed by atoms with Crippen LogP contribution in [-0.2, 0) is 6.54 Å². The van der Waals surface area contributed by atoms with Crippen LogP contribution in [0.3, 0.4) is 0 Å². The van der Waals surface area contributed by atoms with E-state index in [1.807, 2.05) is 13.0 Å². The second kappa shape index (κ2) is 6.48. The third-order valence-electron chi connectivity index (χ3n) is 2.70. The van der Waals surface area contributed by atoms with Gasteiger partial charge >= 0.3 is 0 Å². The molecule has 0 spiro atoms. The monoisotopic (exact) mass is 222 g/mol. The molecule has 1 rings (SSSR count). The Bertz CT molecular complexity index is 326. The van der Waals surface area contributed by atoms with Gasteiger partial charge in [-0.3, -0.25) is 4.98 Å². The first-order valence-electron chi connectivity index (χ1n) is 6.02. The smallest absolute Gasteiger partial charge is 0.138 e. The van der Waals surface area contributed by atoms with Crippen LogP contribution in [0, 0.1) is 6.92 Å². The van der Waals surface area contributed by atoms with Gasteiger partial charge in [-0.15, -0.1) is 0 Å². The Hall–Kier alpha value is -1.09. The van der Waals surface area contributed by atoms with E-state index in [1.165, 1.54) is 19.3 Å². The van der Waals surface area contributed by atoms with Crippen LogP contribution >= 0.6 is 0 Å². The van der Waals surface area contributed by atoms with E-state index in [0.29, 0.717) is 12.6 Å². The van der Waals surface area contributed by atoms with Gasteiger partial charge in [-0.1, -0.05) is 19.8 Å². The predicted octanol–water partition coefficient (Wildman–Crippen LogP) is 2.76. The van der Waals surface area contributed by atoms with Crippen molar-refractivity contribution in [2.24, 2.45) is 0 Å². The molecule has 16 heavy (non-hydrogen) atoms. The van der Waals surface area contributed by atoms with Gasteiger partial charge in [-0.25, -0.2) is 0 Å². The van der Waals surface area contributed by atoms with Crippen molar-refractivity contribution in [3.63, 3.8) is 0 Å². The van der Waals surface area contributed by atoms with Gasteiger partial charge in [0.2, 0.25) is 0 Å². The molecular weight excluding hydrogens is 200 g/mol. The molecule has 1 aromatic rings. The third kappa shape index (κ3) is 4.19. The Labute approximate surface area is 97.9 Å². The fourth-order valence-electron chi connectivity index (χ4n) is 1.62. The van der Waals surface area contributed by atoms with E-state index >= 15 is 0 Å². The number of aryl methyl sites for hydroxylation is 1. The highest BCUT2D eigenvalue weighted by Gasteiger charge is 2.05. The lowest BCUT2D eigenvalue weighted by Gasteiger charge is -2.13. The Balaban J connectivity index is 2.44. The number of unbranched alkanes of at least 4 members (excludes halogenated alkanes) is 1. The molecule has 1 unspecified atom stereocenters. The van der Waals surface area contributed by atoms with Crippen molar-refractivity contribution >= 4 is 0 Å². The van der Waals surface area contributed by atoms with E-state index < -0.39 is 0 Å². The predicted molar refractivity (Wildman–Crippen MR) is 66.5 cm³/mol. The van der Waals surface area contributed by atoms with Gasteiger partial charge in [0, 0.05) is 18.3 Å². The molecule has 1 heterocycles. The first-order chi connectivity index (χ1) is 7.63. The maximum Gasteiger partial charge on any atom is 0.138 e. The number of hydrogen-bond donors (Lipinski definition) is 2. The summed E-state index contributed by atoms with van der Waals surface area (Å²) in [5, 5.41) is 13.0. The molecule has 0 amide bonds. The zero-order chi connectivity index (χ0) is 12.0. The summed E-state index contributed by atoms with van der Waals surface area (Å²) in [4.78, 5) is 4.31. The van der Waals surface area contributed by atoms with Crippen molar-refractivity contribution in [2.45, 2.75) is 52.6 Å². The van der Waals surface area contributed by atoms with E-state index in [1.54, 1.807) is 6.07 Å². The lowest BCUT2D eigenvalue weighted by molar-refractivity contribution is 0.445. The van der Waals surface area contributed by atoms with E-state index in [4.69, 9.17) is 0 Å². The Morgan fingerprint density at radius 3 is 2.88 bits per heavy atom. The Morgan fingerprint density at radius 2 is 2.19 bits per heavy atom. The van der Waals surface area contributed by atoms with E-state index in [-0.39, 0.29) is 5.75 Å². The number of nitrogens with zero attached hydrogens (tertiary/aromatic N) is 1. The second-order valence-corrected chi connectivity index (χ2v) is 4.34. The van der Waals surface area contributed by atoms with Crippen molar-refractivity contribution in [1.29, 1.82) is 0 Å². The van der Waals surface area contributed by atoms with Crippen molar-refractivity contribution < 1.29 is 5.11 Å². The highest BCUT2D eigenvalue weighted by Crippen LogP contribution is 2.14. The largest absolute Gasteiger partial charge is 0.506 e. The number of aromatic hydroxyl groups is 1. The molecule has 0 fully saturated rings. The molecule has 2 N–H and O–H groups in total. The Morgan fingerprint density at radius 1 is 1.44 bits per heavy atom. The molecule has 1 atom stereocenters. The van der Waals surface area contributed by atoms with E-state index in [2.05, 4.69) is 24.1 Å². The van der Waals surface area contributed by atoms with Gasteiger partial charge in [0.05, 0.1) is 5.69 Å². The maximum absolute atomic E-state index is 9.62. The number of pyridine rings is 1. The van der Waals surface area contributed by atoms with Gasteiger partial charge in [-0.2, -0.15) is 0 Å². The molecule has 0 radical (unpaired) electrons. The van der Waals surface area contributed by atoms with Crippen LogP contribution in [0.4, 0.5) is 0 Å². The summed E-state index contributed by atoms with van der Waals surface area (Å²) in [7, 11) is 0. The maximum atomic E-state index is 9.62. The van der Waals surface area contributed by atoms with E-state index in [9.17, 15) is 5.11 Å². The van der Waals surface area contributed by atoms with Crippen LogP contribution < -0.4 is 5.32 Å². The van der Waals surface area contributed by atoms with E-state index in [0.717, 1.165) is 11.4 Å². The zero-order valence-electron chi connectivity index (χ0n) is 10.5. The standard InChI is InChI=1S/C13H22N2O/c1-4-5-6-10(2)14-9-12-13(16)8-7-11(3)15-12/h7-8,10,14,16H,4-6,9H2,1-3H3. The molecule has 3 heteroatoms. The average Bonchev–Trinajstić information content (AvgIpc) is 2.27. The van der Waals surface area contributed by atoms with Gasteiger partial charge in [0.15, 0.2) is 0 Å². The minimum Gasteiger partial charge on any atom is -0.506 e. The van der Waals surface area contributed by atoms with Crippen molar-refractivity contribution in [1.82, 2.24) is 10.3 Å². The van der Waals surface area contributed by atoms with Gasteiger partial charge in [0.25, 0.3) is 0 Å². The zero-order valence-corrected chi connectivity index (χ0v) is 10.5. The van der Waals surface area contributed by atoms with Crippen LogP contribution in [0.1, 0.15) is 44.5 Å². The minimum atomic E-state index is 0.279. The lowest BCUT2D eigenvalue weighted by atomic mass is 10.1. The normalized spacial score (nSPS) is 12.7.